The highest BCUT2D eigenvalue weighted by Gasteiger charge is 2.16. The molecule has 1 aromatic heterocycles. The minimum atomic E-state index is -0.208. The van der Waals surface area contributed by atoms with Gasteiger partial charge in [-0.1, -0.05) is 29.3 Å². The van der Waals surface area contributed by atoms with Gasteiger partial charge in [-0.25, -0.2) is 0 Å². The fraction of sp³-hybridized carbons (Fsp3) is 0.192. The topological polar surface area (TPSA) is 86.5 Å². The molecule has 1 N–H and O–H groups in total. The first kappa shape index (κ1) is 22.0. The lowest BCUT2D eigenvalue weighted by Crippen LogP contribution is -2.22. The molecule has 172 valence electrons. The number of hydrogen-bond donors (Lipinski definition) is 1. The third kappa shape index (κ3) is 4.75. The molecule has 0 unspecified atom stereocenters. The number of carbonyl (C=O) groups excluding carboxylic acids is 1. The summed E-state index contributed by atoms with van der Waals surface area (Å²) in [6.07, 6.45) is 0.796. The van der Waals surface area contributed by atoms with Crippen molar-refractivity contribution in [2.24, 2.45) is 0 Å². The van der Waals surface area contributed by atoms with Crippen LogP contribution in [-0.4, -0.2) is 29.3 Å². The van der Waals surface area contributed by atoms with Crippen LogP contribution in [-0.2, 0) is 6.54 Å². The van der Waals surface area contributed by atoms with Crippen molar-refractivity contribution >= 4 is 17.5 Å². The summed E-state index contributed by atoms with van der Waals surface area (Å²) in [4.78, 5) is 12.7. The number of nitrogens with zero attached hydrogens (tertiary/aromatic N) is 2. The molecule has 8 heteroatoms. The van der Waals surface area contributed by atoms with Crippen molar-refractivity contribution in [2.45, 2.75) is 19.9 Å². The Morgan fingerprint density at radius 3 is 2.53 bits per heavy atom. The van der Waals surface area contributed by atoms with Gasteiger partial charge >= 0.3 is 0 Å². The molecule has 0 fully saturated rings. The Labute approximate surface area is 201 Å². The molecule has 2 heterocycles. The molecule has 0 radical (unpaired) electrons. The fourth-order valence-electron chi connectivity index (χ4n) is 3.67. The highest BCUT2D eigenvalue weighted by molar-refractivity contribution is 6.32. The average molecular weight is 476 g/mol. The van der Waals surface area contributed by atoms with Crippen LogP contribution in [0.2, 0.25) is 5.02 Å². The Balaban J connectivity index is 1.25. The molecule has 0 saturated carbocycles. The number of halogens is 1. The lowest BCUT2D eigenvalue weighted by atomic mass is 10.1. The number of carbonyl (C=O) groups is 1. The van der Waals surface area contributed by atoms with E-state index in [2.05, 4.69) is 15.5 Å². The quantitative estimate of drug-likeness (QED) is 0.412. The maximum absolute atomic E-state index is 12.7. The Hall–Kier alpha value is -3.84. The van der Waals surface area contributed by atoms with E-state index in [1.807, 2.05) is 37.3 Å². The summed E-state index contributed by atoms with van der Waals surface area (Å²) in [7, 11) is 0. The van der Waals surface area contributed by atoms with Crippen LogP contribution in [0.3, 0.4) is 0 Å². The van der Waals surface area contributed by atoms with Crippen LogP contribution in [0.4, 0.5) is 0 Å². The number of fused-ring (bicyclic) bond motifs is 1. The molecule has 1 aliphatic rings. The Kier molecular flexibility index (Phi) is 6.18. The third-order valence-corrected chi connectivity index (χ3v) is 5.68. The summed E-state index contributed by atoms with van der Waals surface area (Å²) in [5.74, 6) is 1.79. The van der Waals surface area contributed by atoms with E-state index < -0.39 is 0 Å². The van der Waals surface area contributed by atoms with E-state index in [0.29, 0.717) is 53.6 Å². The minimum absolute atomic E-state index is 0.208. The molecule has 1 aliphatic heterocycles. The summed E-state index contributed by atoms with van der Waals surface area (Å²) in [5, 5.41) is 11.7. The number of ether oxygens (including phenoxy) is 2. The summed E-state index contributed by atoms with van der Waals surface area (Å²) in [5.41, 5.74) is 4.06. The van der Waals surface area contributed by atoms with Crippen LogP contribution in [0.5, 0.6) is 11.5 Å². The van der Waals surface area contributed by atoms with Gasteiger partial charge in [-0.15, -0.1) is 10.2 Å². The van der Waals surface area contributed by atoms with Crippen LogP contribution >= 0.6 is 11.6 Å². The predicted octanol–water partition coefficient (Wildman–Crippen LogP) is 5.46. The van der Waals surface area contributed by atoms with Crippen LogP contribution in [0.25, 0.3) is 22.9 Å². The van der Waals surface area contributed by atoms with Gasteiger partial charge in [0.15, 0.2) is 11.5 Å². The lowest BCUT2D eigenvalue weighted by Gasteiger charge is -2.12. The minimum Gasteiger partial charge on any atom is -0.489 e. The standard InChI is InChI=1S/C26H22ClN3O4/c1-16-4-2-5-20(12-16)26-30-29-25(34-26)19-8-6-18(7-9-19)24(31)28-15-17-13-21(27)23-22(14-17)32-10-3-11-33-23/h2,4-9,12-14H,3,10-11,15H2,1H3,(H,28,31). The average Bonchev–Trinajstić information content (AvgIpc) is 3.22. The molecule has 7 nitrogen and oxygen atoms in total. The van der Waals surface area contributed by atoms with Crippen molar-refractivity contribution in [1.82, 2.24) is 15.5 Å². The third-order valence-electron chi connectivity index (χ3n) is 5.40. The number of aromatic nitrogens is 2. The number of rotatable bonds is 5. The van der Waals surface area contributed by atoms with E-state index in [0.717, 1.165) is 28.7 Å². The molecule has 3 aromatic carbocycles. The molecular weight excluding hydrogens is 454 g/mol. The molecule has 0 spiro atoms. The molecule has 0 atom stereocenters. The maximum atomic E-state index is 12.7. The monoisotopic (exact) mass is 475 g/mol. The van der Waals surface area contributed by atoms with Gasteiger partial charge in [-0.3, -0.25) is 4.79 Å². The Bertz CT molecular complexity index is 1330. The highest BCUT2D eigenvalue weighted by atomic mass is 35.5. The smallest absolute Gasteiger partial charge is 0.251 e. The van der Waals surface area contributed by atoms with Gasteiger partial charge in [-0.05, 0) is 61.0 Å². The zero-order valence-electron chi connectivity index (χ0n) is 18.5. The van der Waals surface area contributed by atoms with Crippen molar-refractivity contribution in [3.63, 3.8) is 0 Å². The van der Waals surface area contributed by atoms with E-state index in [1.165, 1.54) is 0 Å². The molecule has 34 heavy (non-hydrogen) atoms. The van der Waals surface area contributed by atoms with E-state index in [1.54, 1.807) is 30.3 Å². The number of benzene rings is 3. The first-order valence-electron chi connectivity index (χ1n) is 10.9. The summed E-state index contributed by atoms with van der Waals surface area (Å²) < 4.78 is 17.2. The van der Waals surface area contributed by atoms with Crippen LogP contribution in [0.1, 0.15) is 27.9 Å². The lowest BCUT2D eigenvalue weighted by molar-refractivity contribution is 0.0951. The van der Waals surface area contributed by atoms with Crippen molar-refractivity contribution in [3.05, 3.63) is 82.4 Å². The molecule has 1 amide bonds. The van der Waals surface area contributed by atoms with Crippen LogP contribution in [0, 0.1) is 6.92 Å². The Morgan fingerprint density at radius 1 is 0.971 bits per heavy atom. The number of nitrogens with one attached hydrogen (secondary N) is 1. The van der Waals surface area contributed by atoms with Gasteiger partial charge in [0.1, 0.15) is 0 Å². The van der Waals surface area contributed by atoms with Gasteiger partial charge < -0.3 is 19.2 Å². The zero-order valence-corrected chi connectivity index (χ0v) is 19.3. The zero-order chi connectivity index (χ0) is 23.5. The fourth-order valence-corrected chi connectivity index (χ4v) is 3.96. The number of amides is 1. The van der Waals surface area contributed by atoms with Crippen LogP contribution < -0.4 is 14.8 Å². The summed E-state index contributed by atoms with van der Waals surface area (Å²) >= 11 is 6.34. The van der Waals surface area contributed by atoms with E-state index >= 15 is 0 Å². The normalized spacial score (nSPS) is 12.8. The predicted molar refractivity (Wildman–Crippen MR) is 128 cm³/mol. The van der Waals surface area contributed by atoms with Crippen molar-refractivity contribution < 1.29 is 18.7 Å². The number of hydrogen-bond acceptors (Lipinski definition) is 6. The van der Waals surface area contributed by atoms with Gasteiger partial charge in [0.2, 0.25) is 11.8 Å². The molecule has 0 aliphatic carbocycles. The largest absolute Gasteiger partial charge is 0.489 e. The first-order chi connectivity index (χ1) is 16.6. The van der Waals surface area contributed by atoms with Gasteiger partial charge in [0.05, 0.1) is 18.2 Å². The second kappa shape index (κ2) is 9.57. The molecular formula is C26H22ClN3O4. The summed E-state index contributed by atoms with van der Waals surface area (Å²) in [6.45, 7) is 3.45. The van der Waals surface area contributed by atoms with E-state index in [4.69, 9.17) is 25.5 Å². The van der Waals surface area contributed by atoms with Crippen molar-refractivity contribution in [2.75, 3.05) is 13.2 Å². The SMILES string of the molecule is Cc1cccc(-c2nnc(-c3ccc(C(=O)NCc4cc(Cl)c5c(c4)OCCCO5)cc3)o2)c1. The van der Waals surface area contributed by atoms with Gasteiger partial charge in [0, 0.05) is 29.7 Å². The van der Waals surface area contributed by atoms with E-state index in [-0.39, 0.29) is 5.91 Å². The van der Waals surface area contributed by atoms with E-state index in [9.17, 15) is 4.79 Å². The molecule has 4 aromatic rings. The highest BCUT2D eigenvalue weighted by Crippen LogP contribution is 2.38. The second-order valence-corrected chi connectivity index (χ2v) is 8.40. The van der Waals surface area contributed by atoms with Crippen LogP contribution in [0.15, 0.2) is 65.1 Å². The number of aryl methyl sites for hydroxylation is 1. The first-order valence-corrected chi connectivity index (χ1v) is 11.3. The van der Waals surface area contributed by atoms with Gasteiger partial charge in [0.25, 0.3) is 5.91 Å². The second-order valence-electron chi connectivity index (χ2n) is 8.00. The van der Waals surface area contributed by atoms with Gasteiger partial charge in [-0.2, -0.15) is 0 Å². The molecule has 0 saturated heterocycles. The van der Waals surface area contributed by atoms with Crippen molar-refractivity contribution in [3.8, 4) is 34.4 Å². The maximum Gasteiger partial charge on any atom is 0.251 e. The van der Waals surface area contributed by atoms with Crippen molar-refractivity contribution in [1.29, 1.82) is 0 Å². The Morgan fingerprint density at radius 2 is 1.74 bits per heavy atom. The summed E-state index contributed by atoms with van der Waals surface area (Å²) in [6, 6.07) is 18.5. The molecule has 0 bridgehead atoms. The molecule has 5 rings (SSSR count).